The molecule has 30 heavy (non-hydrogen) atoms. The number of benzene rings is 3. The van der Waals surface area contributed by atoms with Crippen molar-refractivity contribution in [1.29, 1.82) is 0 Å². The number of amides is 1. The quantitative estimate of drug-likeness (QED) is 0.582. The minimum atomic E-state index is 0.0174. The van der Waals surface area contributed by atoms with Crippen molar-refractivity contribution in [2.24, 2.45) is 5.92 Å². The zero-order valence-electron chi connectivity index (χ0n) is 17.4. The molecule has 4 rings (SSSR count). The van der Waals surface area contributed by atoms with Crippen molar-refractivity contribution >= 4 is 11.6 Å². The van der Waals surface area contributed by atoms with E-state index < -0.39 is 0 Å². The molecule has 154 valence electrons. The molecule has 1 N–H and O–H groups in total. The Kier molecular flexibility index (Phi) is 6.45. The number of rotatable bonds is 6. The number of nitrogens with one attached hydrogen (secondary N) is 1. The smallest absolute Gasteiger partial charge is 0.228 e. The lowest BCUT2D eigenvalue weighted by molar-refractivity contribution is -0.121. The van der Waals surface area contributed by atoms with Gasteiger partial charge in [0.25, 0.3) is 0 Å². The van der Waals surface area contributed by atoms with Crippen molar-refractivity contribution in [2.45, 2.75) is 26.3 Å². The number of anilines is 1. The van der Waals surface area contributed by atoms with Gasteiger partial charge in [0.05, 0.1) is 5.92 Å². The fourth-order valence-corrected chi connectivity index (χ4v) is 3.96. The third-order valence-electron chi connectivity index (χ3n) is 5.47. The molecule has 1 aliphatic rings. The van der Waals surface area contributed by atoms with E-state index in [1.54, 1.807) is 0 Å². The van der Waals surface area contributed by atoms with Crippen LogP contribution in [0.3, 0.4) is 0 Å². The number of hydrogen-bond donors (Lipinski definition) is 1. The first-order valence-electron chi connectivity index (χ1n) is 10.6. The lowest BCUT2D eigenvalue weighted by Crippen LogP contribution is -2.40. The summed E-state index contributed by atoms with van der Waals surface area (Å²) in [6.07, 6.45) is 1.99. The van der Waals surface area contributed by atoms with Crippen LogP contribution in [0, 0.1) is 12.8 Å². The molecule has 1 unspecified atom stereocenters. The number of aryl methyl sites for hydroxylation is 1. The van der Waals surface area contributed by atoms with Gasteiger partial charge in [-0.1, -0.05) is 48.0 Å². The fraction of sp³-hybridized carbons (Fsp3) is 0.269. The monoisotopic (exact) mass is 400 g/mol. The van der Waals surface area contributed by atoms with Crippen LogP contribution >= 0.6 is 0 Å². The van der Waals surface area contributed by atoms with E-state index in [9.17, 15) is 4.79 Å². The molecule has 1 atom stereocenters. The number of carbonyl (C=O) groups is 1. The molecule has 1 heterocycles. The summed E-state index contributed by atoms with van der Waals surface area (Å²) in [5.41, 5.74) is 3.39. The van der Waals surface area contributed by atoms with Crippen LogP contribution < -0.4 is 10.1 Å². The molecule has 1 aliphatic heterocycles. The van der Waals surface area contributed by atoms with Gasteiger partial charge in [0, 0.05) is 18.8 Å². The SMILES string of the molecule is Cc1cccc(CN2CCCC(C(=O)Nc3ccc(Oc4ccccc4)cc3)C2)c1. The van der Waals surface area contributed by atoms with Crippen molar-refractivity contribution in [1.82, 2.24) is 4.90 Å². The highest BCUT2D eigenvalue weighted by molar-refractivity contribution is 5.92. The zero-order valence-corrected chi connectivity index (χ0v) is 17.4. The van der Waals surface area contributed by atoms with E-state index in [2.05, 4.69) is 41.4 Å². The molecule has 0 aromatic heterocycles. The highest BCUT2D eigenvalue weighted by Gasteiger charge is 2.25. The molecular weight excluding hydrogens is 372 g/mol. The van der Waals surface area contributed by atoms with Crippen molar-refractivity contribution in [3.8, 4) is 11.5 Å². The van der Waals surface area contributed by atoms with Crippen LogP contribution in [-0.2, 0) is 11.3 Å². The predicted molar refractivity (Wildman–Crippen MR) is 121 cm³/mol. The molecule has 0 saturated carbocycles. The number of hydrogen-bond acceptors (Lipinski definition) is 3. The maximum atomic E-state index is 12.8. The minimum Gasteiger partial charge on any atom is -0.457 e. The van der Waals surface area contributed by atoms with Gasteiger partial charge in [-0.15, -0.1) is 0 Å². The third-order valence-corrected chi connectivity index (χ3v) is 5.47. The van der Waals surface area contributed by atoms with E-state index in [1.807, 2.05) is 54.6 Å². The first-order chi connectivity index (χ1) is 14.7. The Hall–Kier alpha value is -3.11. The molecular formula is C26H28N2O2. The number of piperidine rings is 1. The van der Waals surface area contributed by atoms with E-state index in [1.165, 1.54) is 11.1 Å². The maximum Gasteiger partial charge on any atom is 0.228 e. The normalized spacial score (nSPS) is 16.8. The average Bonchev–Trinajstić information content (AvgIpc) is 2.76. The van der Waals surface area contributed by atoms with Gasteiger partial charge in [-0.2, -0.15) is 0 Å². The van der Waals surface area contributed by atoms with Gasteiger partial charge in [0.15, 0.2) is 0 Å². The number of ether oxygens (including phenoxy) is 1. The standard InChI is InChI=1S/C26H28N2O2/c1-20-7-5-8-21(17-20)18-28-16-6-9-22(19-28)26(29)27-23-12-14-25(15-13-23)30-24-10-3-2-4-11-24/h2-5,7-8,10-15,17,22H,6,9,16,18-19H2,1H3,(H,27,29). The van der Waals surface area contributed by atoms with Gasteiger partial charge >= 0.3 is 0 Å². The van der Waals surface area contributed by atoms with E-state index >= 15 is 0 Å². The molecule has 3 aromatic carbocycles. The molecule has 0 bridgehead atoms. The summed E-state index contributed by atoms with van der Waals surface area (Å²) < 4.78 is 5.81. The summed E-state index contributed by atoms with van der Waals surface area (Å²) in [4.78, 5) is 15.2. The molecule has 1 saturated heterocycles. The summed E-state index contributed by atoms with van der Waals surface area (Å²) in [5.74, 6) is 1.66. The molecule has 4 heteroatoms. The zero-order chi connectivity index (χ0) is 20.8. The Labute approximate surface area is 178 Å². The molecule has 3 aromatic rings. The van der Waals surface area contributed by atoms with E-state index in [0.717, 1.165) is 49.7 Å². The second-order valence-corrected chi connectivity index (χ2v) is 7.99. The van der Waals surface area contributed by atoms with Crippen LogP contribution in [0.25, 0.3) is 0 Å². The number of para-hydroxylation sites is 1. The van der Waals surface area contributed by atoms with Crippen LogP contribution in [0.4, 0.5) is 5.69 Å². The average molecular weight is 401 g/mol. The summed E-state index contributed by atoms with van der Waals surface area (Å²) in [5, 5.41) is 3.08. The lowest BCUT2D eigenvalue weighted by Gasteiger charge is -2.32. The Morgan fingerprint density at radius 3 is 2.53 bits per heavy atom. The van der Waals surface area contributed by atoms with Gasteiger partial charge < -0.3 is 10.1 Å². The summed E-state index contributed by atoms with van der Waals surface area (Å²) in [6.45, 7) is 4.86. The Morgan fingerprint density at radius 2 is 1.77 bits per heavy atom. The van der Waals surface area contributed by atoms with Crippen LogP contribution in [0.15, 0.2) is 78.9 Å². The van der Waals surface area contributed by atoms with Crippen molar-refractivity contribution < 1.29 is 9.53 Å². The van der Waals surface area contributed by atoms with Gasteiger partial charge in [-0.3, -0.25) is 9.69 Å². The largest absolute Gasteiger partial charge is 0.457 e. The molecule has 0 radical (unpaired) electrons. The Bertz CT molecular complexity index is 970. The third kappa shape index (κ3) is 5.49. The topological polar surface area (TPSA) is 41.6 Å². The molecule has 1 amide bonds. The van der Waals surface area contributed by atoms with Gasteiger partial charge in [0.1, 0.15) is 11.5 Å². The summed E-state index contributed by atoms with van der Waals surface area (Å²) in [7, 11) is 0. The lowest BCUT2D eigenvalue weighted by atomic mass is 9.96. The van der Waals surface area contributed by atoms with Gasteiger partial charge in [-0.05, 0) is 68.3 Å². The molecule has 0 aliphatic carbocycles. The van der Waals surface area contributed by atoms with Crippen LogP contribution in [-0.4, -0.2) is 23.9 Å². The summed E-state index contributed by atoms with van der Waals surface area (Å²) >= 11 is 0. The first kappa shape index (κ1) is 20.2. The van der Waals surface area contributed by atoms with Crippen molar-refractivity contribution in [2.75, 3.05) is 18.4 Å². The van der Waals surface area contributed by atoms with Gasteiger partial charge in [-0.25, -0.2) is 0 Å². The number of likely N-dealkylation sites (tertiary alicyclic amines) is 1. The Balaban J connectivity index is 1.31. The predicted octanol–water partition coefficient (Wildman–Crippen LogP) is 5.64. The van der Waals surface area contributed by atoms with E-state index in [0.29, 0.717) is 0 Å². The fourth-order valence-electron chi connectivity index (χ4n) is 3.96. The first-order valence-corrected chi connectivity index (χ1v) is 10.6. The molecule has 4 nitrogen and oxygen atoms in total. The van der Waals surface area contributed by atoms with E-state index in [4.69, 9.17) is 4.74 Å². The maximum absolute atomic E-state index is 12.8. The Morgan fingerprint density at radius 1 is 1.00 bits per heavy atom. The molecule has 0 spiro atoms. The molecule has 1 fully saturated rings. The van der Waals surface area contributed by atoms with Crippen molar-refractivity contribution in [3.63, 3.8) is 0 Å². The van der Waals surface area contributed by atoms with Crippen LogP contribution in [0.5, 0.6) is 11.5 Å². The van der Waals surface area contributed by atoms with Crippen LogP contribution in [0.2, 0.25) is 0 Å². The van der Waals surface area contributed by atoms with Gasteiger partial charge in [0.2, 0.25) is 5.91 Å². The second-order valence-electron chi connectivity index (χ2n) is 7.99. The van der Waals surface area contributed by atoms with Crippen molar-refractivity contribution in [3.05, 3.63) is 90.0 Å². The minimum absolute atomic E-state index is 0.0174. The highest BCUT2D eigenvalue weighted by atomic mass is 16.5. The van der Waals surface area contributed by atoms with E-state index in [-0.39, 0.29) is 11.8 Å². The number of nitrogens with zero attached hydrogens (tertiary/aromatic N) is 1. The highest BCUT2D eigenvalue weighted by Crippen LogP contribution is 2.24. The second kappa shape index (κ2) is 9.59. The van der Waals surface area contributed by atoms with Crippen LogP contribution in [0.1, 0.15) is 24.0 Å². The number of carbonyl (C=O) groups excluding carboxylic acids is 1. The summed E-state index contributed by atoms with van der Waals surface area (Å²) in [6, 6.07) is 25.8.